The Morgan fingerprint density at radius 2 is 1.90 bits per heavy atom. The SMILES string of the molecule is Cc1cc(CN2C(=O)C(=O)c3cc(F)c(F)cc32)no1. The van der Waals surface area contributed by atoms with E-state index in [0.29, 0.717) is 11.5 Å². The number of ketones is 1. The molecule has 0 aliphatic carbocycles. The van der Waals surface area contributed by atoms with Crippen LogP contribution in [-0.2, 0) is 11.3 Å². The number of halogens is 2. The van der Waals surface area contributed by atoms with E-state index >= 15 is 0 Å². The number of carbonyl (C=O) groups is 2. The summed E-state index contributed by atoms with van der Waals surface area (Å²) in [5, 5.41) is 3.70. The number of aryl methyl sites for hydroxylation is 1. The first-order chi connectivity index (χ1) is 9.47. The van der Waals surface area contributed by atoms with Crippen LogP contribution in [0.3, 0.4) is 0 Å². The molecule has 1 aliphatic rings. The van der Waals surface area contributed by atoms with E-state index in [4.69, 9.17) is 4.52 Å². The largest absolute Gasteiger partial charge is 0.361 e. The number of hydrogen-bond acceptors (Lipinski definition) is 4. The van der Waals surface area contributed by atoms with Crippen molar-refractivity contribution in [1.29, 1.82) is 0 Å². The molecule has 0 unspecified atom stereocenters. The second-order valence-electron chi connectivity index (χ2n) is 4.43. The molecule has 2 aromatic rings. The van der Waals surface area contributed by atoms with Crippen LogP contribution < -0.4 is 4.90 Å². The Morgan fingerprint density at radius 1 is 1.20 bits per heavy atom. The van der Waals surface area contributed by atoms with E-state index in [1.807, 2.05) is 0 Å². The number of hydrogen-bond donors (Lipinski definition) is 0. The number of rotatable bonds is 2. The van der Waals surface area contributed by atoms with Crippen LogP contribution in [0, 0.1) is 18.6 Å². The van der Waals surface area contributed by atoms with Gasteiger partial charge in [-0.1, -0.05) is 5.16 Å². The molecule has 0 fully saturated rings. The summed E-state index contributed by atoms with van der Waals surface area (Å²) in [6, 6.07) is 3.16. The summed E-state index contributed by atoms with van der Waals surface area (Å²) < 4.78 is 31.3. The lowest BCUT2D eigenvalue weighted by Gasteiger charge is -2.14. The Kier molecular flexibility index (Phi) is 2.63. The van der Waals surface area contributed by atoms with Crippen molar-refractivity contribution in [2.24, 2.45) is 0 Å². The summed E-state index contributed by atoms with van der Waals surface area (Å²) >= 11 is 0. The van der Waals surface area contributed by atoms with E-state index in [0.717, 1.165) is 17.0 Å². The highest BCUT2D eigenvalue weighted by Crippen LogP contribution is 2.32. The number of amides is 1. The first-order valence-corrected chi connectivity index (χ1v) is 5.75. The third kappa shape index (κ3) is 1.78. The van der Waals surface area contributed by atoms with Crippen LogP contribution in [0.1, 0.15) is 21.8 Å². The summed E-state index contributed by atoms with van der Waals surface area (Å²) in [6.07, 6.45) is 0. The van der Waals surface area contributed by atoms with Gasteiger partial charge in [0.1, 0.15) is 11.5 Å². The van der Waals surface area contributed by atoms with Crippen molar-refractivity contribution in [2.75, 3.05) is 4.90 Å². The summed E-state index contributed by atoms with van der Waals surface area (Å²) in [5.74, 6) is -3.44. The van der Waals surface area contributed by atoms with E-state index in [-0.39, 0.29) is 17.8 Å². The van der Waals surface area contributed by atoms with Gasteiger partial charge in [-0.25, -0.2) is 8.78 Å². The third-order valence-corrected chi connectivity index (χ3v) is 3.01. The van der Waals surface area contributed by atoms with Crippen molar-refractivity contribution in [3.8, 4) is 0 Å². The van der Waals surface area contributed by atoms with Crippen molar-refractivity contribution < 1.29 is 22.9 Å². The Hall–Kier alpha value is -2.57. The highest BCUT2D eigenvalue weighted by molar-refractivity contribution is 6.52. The van der Waals surface area contributed by atoms with Gasteiger partial charge in [0.25, 0.3) is 11.7 Å². The standard InChI is InChI=1S/C13H8F2N2O3/c1-6-2-7(16-20-6)5-17-11-4-10(15)9(14)3-8(11)12(18)13(17)19/h2-4H,5H2,1H3. The number of aromatic nitrogens is 1. The van der Waals surface area contributed by atoms with Gasteiger partial charge in [-0.3, -0.25) is 14.5 Å². The lowest BCUT2D eigenvalue weighted by Crippen LogP contribution is -2.29. The summed E-state index contributed by atoms with van der Waals surface area (Å²) in [5.41, 5.74) is 0.315. The highest BCUT2D eigenvalue weighted by atomic mass is 19.2. The van der Waals surface area contributed by atoms with E-state index in [1.165, 1.54) is 0 Å². The van der Waals surface area contributed by atoms with Gasteiger partial charge < -0.3 is 4.52 Å². The minimum absolute atomic E-state index is 0.0413. The molecule has 0 saturated heterocycles. The van der Waals surface area contributed by atoms with Gasteiger partial charge in [-0.05, 0) is 13.0 Å². The average molecular weight is 278 g/mol. The van der Waals surface area contributed by atoms with Crippen LogP contribution in [0.5, 0.6) is 0 Å². The Balaban J connectivity index is 2.03. The van der Waals surface area contributed by atoms with Crippen molar-refractivity contribution in [3.05, 3.63) is 46.9 Å². The number of carbonyl (C=O) groups excluding carboxylic acids is 2. The second kappa shape index (κ2) is 4.22. The fourth-order valence-electron chi connectivity index (χ4n) is 2.10. The number of benzene rings is 1. The second-order valence-corrected chi connectivity index (χ2v) is 4.43. The predicted octanol–water partition coefficient (Wildman–Crippen LogP) is 1.99. The molecule has 5 nitrogen and oxygen atoms in total. The molecule has 102 valence electrons. The monoisotopic (exact) mass is 278 g/mol. The Labute approximate surface area is 111 Å². The molecule has 3 rings (SSSR count). The fraction of sp³-hybridized carbons (Fsp3) is 0.154. The van der Waals surface area contributed by atoms with E-state index in [1.54, 1.807) is 13.0 Å². The molecule has 0 bridgehead atoms. The molecule has 2 heterocycles. The maximum absolute atomic E-state index is 13.3. The van der Waals surface area contributed by atoms with E-state index in [2.05, 4.69) is 5.16 Å². The molecular formula is C13H8F2N2O3. The van der Waals surface area contributed by atoms with Crippen LogP contribution >= 0.6 is 0 Å². The number of fused-ring (bicyclic) bond motifs is 1. The minimum Gasteiger partial charge on any atom is -0.361 e. The molecule has 20 heavy (non-hydrogen) atoms. The highest BCUT2D eigenvalue weighted by Gasteiger charge is 2.37. The fourth-order valence-corrected chi connectivity index (χ4v) is 2.10. The predicted molar refractivity (Wildman–Crippen MR) is 63.1 cm³/mol. The lowest BCUT2D eigenvalue weighted by atomic mass is 10.1. The van der Waals surface area contributed by atoms with Gasteiger partial charge >= 0.3 is 0 Å². The topological polar surface area (TPSA) is 63.4 Å². The van der Waals surface area contributed by atoms with Crippen molar-refractivity contribution >= 4 is 17.4 Å². The molecule has 0 radical (unpaired) electrons. The van der Waals surface area contributed by atoms with Crippen LogP contribution in [0.2, 0.25) is 0 Å². The van der Waals surface area contributed by atoms with Crippen molar-refractivity contribution in [2.45, 2.75) is 13.5 Å². The first kappa shape index (κ1) is 12.5. The molecule has 1 aromatic heterocycles. The van der Waals surface area contributed by atoms with Gasteiger partial charge in [-0.15, -0.1) is 0 Å². The first-order valence-electron chi connectivity index (χ1n) is 5.75. The summed E-state index contributed by atoms with van der Waals surface area (Å²) in [4.78, 5) is 24.7. The van der Waals surface area contributed by atoms with Gasteiger partial charge in [0, 0.05) is 12.1 Å². The van der Waals surface area contributed by atoms with Crippen LogP contribution in [0.4, 0.5) is 14.5 Å². The zero-order valence-corrected chi connectivity index (χ0v) is 10.3. The molecule has 1 aromatic carbocycles. The van der Waals surface area contributed by atoms with E-state index in [9.17, 15) is 18.4 Å². The summed E-state index contributed by atoms with van der Waals surface area (Å²) in [6.45, 7) is 1.64. The Morgan fingerprint density at radius 3 is 2.55 bits per heavy atom. The molecular weight excluding hydrogens is 270 g/mol. The maximum atomic E-state index is 13.3. The summed E-state index contributed by atoms with van der Waals surface area (Å²) in [7, 11) is 0. The van der Waals surface area contributed by atoms with Crippen molar-refractivity contribution in [3.63, 3.8) is 0 Å². The lowest BCUT2D eigenvalue weighted by molar-refractivity contribution is -0.114. The van der Waals surface area contributed by atoms with E-state index < -0.39 is 23.3 Å². The van der Waals surface area contributed by atoms with Crippen LogP contribution in [0.25, 0.3) is 0 Å². The zero-order valence-electron chi connectivity index (χ0n) is 10.3. The molecule has 1 amide bonds. The molecule has 0 saturated carbocycles. The number of nitrogens with zero attached hydrogens (tertiary/aromatic N) is 2. The van der Waals surface area contributed by atoms with Crippen molar-refractivity contribution in [1.82, 2.24) is 5.16 Å². The van der Waals surface area contributed by atoms with Gasteiger partial charge in [0.05, 0.1) is 17.8 Å². The number of anilines is 1. The molecule has 0 spiro atoms. The maximum Gasteiger partial charge on any atom is 0.299 e. The zero-order chi connectivity index (χ0) is 14.4. The average Bonchev–Trinajstić information content (AvgIpc) is 2.90. The van der Waals surface area contributed by atoms with Crippen LogP contribution in [-0.4, -0.2) is 16.8 Å². The molecule has 0 atom stereocenters. The van der Waals surface area contributed by atoms with Gasteiger partial charge in [0.15, 0.2) is 11.6 Å². The molecule has 0 N–H and O–H groups in total. The van der Waals surface area contributed by atoms with Gasteiger partial charge in [-0.2, -0.15) is 0 Å². The van der Waals surface area contributed by atoms with Crippen LogP contribution in [0.15, 0.2) is 22.7 Å². The normalized spacial score (nSPS) is 14.1. The quantitative estimate of drug-likeness (QED) is 0.788. The van der Waals surface area contributed by atoms with Gasteiger partial charge in [0.2, 0.25) is 0 Å². The molecule has 7 heteroatoms. The Bertz CT molecular complexity index is 739. The number of Topliss-reactive ketones (excluding diaryl/α,β-unsaturated/α-hetero) is 1. The molecule has 1 aliphatic heterocycles. The smallest absolute Gasteiger partial charge is 0.299 e. The minimum atomic E-state index is -1.16. The third-order valence-electron chi connectivity index (χ3n) is 3.01.